The minimum atomic E-state index is -0.127. The van der Waals surface area contributed by atoms with Crippen LogP contribution >= 0.6 is 0 Å². The van der Waals surface area contributed by atoms with E-state index in [2.05, 4.69) is 34.5 Å². The van der Waals surface area contributed by atoms with Crippen molar-refractivity contribution >= 4 is 5.91 Å². The number of nitrogens with one attached hydrogen (secondary N) is 1. The van der Waals surface area contributed by atoms with Gasteiger partial charge in [-0.25, -0.2) is 0 Å². The minimum absolute atomic E-state index is 0.0216. The molecular weight excluding hydrogens is 280 g/mol. The molecule has 1 saturated heterocycles. The van der Waals surface area contributed by atoms with E-state index >= 15 is 0 Å². The molecule has 5 nitrogen and oxygen atoms in total. The van der Waals surface area contributed by atoms with Crippen LogP contribution in [0.1, 0.15) is 15.9 Å². The smallest absolute Gasteiger partial charge is 0.254 e. The highest BCUT2D eigenvalue weighted by Crippen LogP contribution is 2.10. The molecule has 5 heteroatoms. The molecule has 1 fully saturated rings. The lowest BCUT2D eigenvalue weighted by Crippen LogP contribution is -2.47. The van der Waals surface area contributed by atoms with Gasteiger partial charge in [0.2, 0.25) is 0 Å². The van der Waals surface area contributed by atoms with E-state index in [4.69, 9.17) is 9.15 Å². The largest absolute Gasteiger partial charge is 0.472 e. The van der Waals surface area contributed by atoms with E-state index in [1.54, 1.807) is 6.07 Å². The Hall–Kier alpha value is -2.11. The Balaban J connectivity index is 1.47. The zero-order chi connectivity index (χ0) is 15.2. The Morgan fingerprint density at radius 2 is 2.14 bits per heavy atom. The monoisotopic (exact) mass is 300 g/mol. The topological polar surface area (TPSA) is 54.7 Å². The van der Waals surface area contributed by atoms with Gasteiger partial charge in [0.15, 0.2) is 0 Å². The van der Waals surface area contributed by atoms with E-state index in [9.17, 15) is 4.79 Å². The van der Waals surface area contributed by atoms with E-state index in [0.717, 1.165) is 19.6 Å². The summed E-state index contributed by atoms with van der Waals surface area (Å²) in [5.74, 6) is -0.127. The van der Waals surface area contributed by atoms with Crippen LogP contribution in [0.4, 0.5) is 0 Å². The summed E-state index contributed by atoms with van der Waals surface area (Å²) in [6.45, 7) is 3.85. The summed E-state index contributed by atoms with van der Waals surface area (Å²) in [6.07, 6.45) is 2.96. The van der Waals surface area contributed by atoms with Crippen molar-refractivity contribution in [2.45, 2.75) is 12.6 Å². The summed E-state index contributed by atoms with van der Waals surface area (Å²) in [5, 5.41) is 2.89. The summed E-state index contributed by atoms with van der Waals surface area (Å²) in [6, 6.07) is 12.0. The highest BCUT2D eigenvalue weighted by Gasteiger charge is 2.21. The first-order valence-corrected chi connectivity index (χ1v) is 7.49. The number of hydrogen-bond donors (Lipinski definition) is 1. The highest BCUT2D eigenvalue weighted by atomic mass is 16.5. The van der Waals surface area contributed by atoms with Gasteiger partial charge in [-0.3, -0.25) is 9.69 Å². The van der Waals surface area contributed by atoms with Crippen LogP contribution < -0.4 is 5.32 Å². The van der Waals surface area contributed by atoms with Gasteiger partial charge in [0.1, 0.15) is 6.26 Å². The molecule has 1 aliphatic heterocycles. The van der Waals surface area contributed by atoms with Gasteiger partial charge >= 0.3 is 0 Å². The fourth-order valence-electron chi connectivity index (χ4n) is 2.59. The molecule has 2 heterocycles. The van der Waals surface area contributed by atoms with Crippen molar-refractivity contribution < 1.29 is 13.9 Å². The Labute approximate surface area is 129 Å². The molecule has 1 aliphatic rings. The predicted molar refractivity (Wildman–Crippen MR) is 82.5 cm³/mol. The van der Waals surface area contributed by atoms with Gasteiger partial charge in [0.25, 0.3) is 5.91 Å². The first-order chi connectivity index (χ1) is 10.8. The quantitative estimate of drug-likeness (QED) is 0.916. The molecule has 0 radical (unpaired) electrons. The molecule has 0 aliphatic carbocycles. The molecule has 1 aromatic carbocycles. The van der Waals surface area contributed by atoms with Gasteiger partial charge in [-0.15, -0.1) is 0 Å². The van der Waals surface area contributed by atoms with E-state index in [0.29, 0.717) is 18.7 Å². The predicted octanol–water partition coefficient (Wildman–Crippen LogP) is 1.91. The van der Waals surface area contributed by atoms with Crippen LogP contribution in [0.3, 0.4) is 0 Å². The third-order valence-corrected chi connectivity index (χ3v) is 3.75. The zero-order valence-electron chi connectivity index (χ0n) is 12.4. The van der Waals surface area contributed by atoms with Crippen molar-refractivity contribution in [3.05, 3.63) is 60.1 Å². The SMILES string of the molecule is O=C(NCC1CN(Cc2ccccc2)CCO1)c1ccoc1. The molecule has 116 valence electrons. The molecule has 1 N–H and O–H groups in total. The third kappa shape index (κ3) is 3.96. The standard InChI is InChI=1S/C17H20N2O3/c20-17(15-6-8-21-13-15)18-10-16-12-19(7-9-22-16)11-14-4-2-1-3-5-14/h1-6,8,13,16H,7,9-12H2,(H,18,20). The highest BCUT2D eigenvalue weighted by molar-refractivity contribution is 5.93. The number of hydrogen-bond acceptors (Lipinski definition) is 4. The van der Waals surface area contributed by atoms with Crippen molar-refractivity contribution in [3.63, 3.8) is 0 Å². The molecule has 0 spiro atoms. The number of amides is 1. The fourth-order valence-corrected chi connectivity index (χ4v) is 2.59. The molecule has 0 bridgehead atoms. The van der Waals surface area contributed by atoms with Gasteiger partial charge < -0.3 is 14.5 Å². The molecule has 1 unspecified atom stereocenters. The lowest BCUT2D eigenvalue weighted by atomic mass is 10.2. The summed E-state index contributed by atoms with van der Waals surface area (Å²) >= 11 is 0. The van der Waals surface area contributed by atoms with Crippen LogP contribution in [-0.4, -0.2) is 43.2 Å². The number of ether oxygens (including phenoxy) is 1. The van der Waals surface area contributed by atoms with Gasteiger partial charge in [0.05, 0.1) is 24.5 Å². The molecular formula is C17H20N2O3. The van der Waals surface area contributed by atoms with Crippen LogP contribution in [0.5, 0.6) is 0 Å². The van der Waals surface area contributed by atoms with Crippen molar-refractivity contribution in [2.75, 3.05) is 26.2 Å². The van der Waals surface area contributed by atoms with Crippen molar-refractivity contribution in [1.29, 1.82) is 0 Å². The molecule has 3 rings (SSSR count). The second kappa shape index (κ2) is 7.24. The minimum Gasteiger partial charge on any atom is -0.472 e. The average Bonchev–Trinajstić information content (AvgIpc) is 3.08. The van der Waals surface area contributed by atoms with Crippen LogP contribution in [0.2, 0.25) is 0 Å². The first-order valence-electron chi connectivity index (χ1n) is 7.49. The summed E-state index contributed by atoms with van der Waals surface area (Å²) < 4.78 is 10.6. The maximum Gasteiger partial charge on any atom is 0.254 e. The summed E-state index contributed by atoms with van der Waals surface area (Å²) in [7, 11) is 0. The van der Waals surface area contributed by atoms with Gasteiger partial charge in [0, 0.05) is 26.2 Å². The number of furan rings is 1. The third-order valence-electron chi connectivity index (χ3n) is 3.75. The Kier molecular flexibility index (Phi) is 4.88. The molecule has 1 aromatic heterocycles. The van der Waals surface area contributed by atoms with E-state index in [1.165, 1.54) is 18.1 Å². The fraction of sp³-hybridized carbons (Fsp3) is 0.353. The lowest BCUT2D eigenvalue weighted by Gasteiger charge is -2.33. The van der Waals surface area contributed by atoms with E-state index in [-0.39, 0.29) is 12.0 Å². The summed E-state index contributed by atoms with van der Waals surface area (Å²) in [4.78, 5) is 14.2. The van der Waals surface area contributed by atoms with E-state index < -0.39 is 0 Å². The van der Waals surface area contributed by atoms with Gasteiger partial charge in [-0.05, 0) is 11.6 Å². The average molecular weight is 300 g/mol. The van der Waals surface area contributed by atoms with Crippen LogP contribution in [0.25, 0.3) is 0 Å². The number of carbonyl (C=O) groups is 1. The number of carbonyl (C=O) groups excluding carboxylic acids is 1. The Bertz CT molecular complexity index is 583. The van der Waals surface area contributed by atoms with Crippen molar-refractivity contribution in [3.8, 4) is 0 Å². The maximum absolute atomic E-state index is 11.9. The molecule has 2 aromatic rings. The Morgan fingerprint density at radius 3 is 2.91 bits per heavy atom. The second-order valence-electron chi connectivity index (χ2n) is 5.44. The number of rotatable bonds is 5. The Morgan fingerprint density at radius 1 is 1.27 bits per heavy atom. The number of morpholine rings is 1. The van der Waals surface area contributed by atoms with Gasteiger partial charge in [-0.2, -0.15) is 0 Å². The number of benzene rings is 1. The van der Waals surface area contributed by atoms with Crippen LogP contribution in [0, 0.1) is 0 Å². The molecule has 1 atom stereocenters. The molecule has 22 heavy (non-hydrogen) atoms. The number of nitrogens with zero attached hydrogens (tertiary/aromatic N) is 1. The van der Waals surface area contributed by atoms with Crippen molar-refractivity contribution in [1.82, 2.24) is 10.2 Å². The molecule has 1 amide bonds. The van der Waals surface area contributed by atoms with E-state index in [1.807, 2.05) is 6.07 Å². The second-order valence-corrected chi connectivity index (χ2v) is 5.44. The van der Waals surface area contributed by atoms with Crippen molar-refractivity contribution in [2.24, 2.45) is 0 Å². The van der Waals surface area contributed by atoms with Crippen LogP contribution in [-0.2, 0) is 11.3 Å². The lowest BCUT2D eigenvalue weighted by molar-refractivity contribution is -0.0292. The normalized spacial score (nSPS) is 19.0. The summed E-state index contributed by atoms with van der Waals surface area (Å²) in [5.41, 5.74) is 1.84. The maximum atomic E-state index is 11.9. The van der Waals surface area contributed by atoms with Gasteiger partial charge in [-0.1, -0.05) is 30.3 Å². The van der Waals surface area contributed by atoms with Crippen LogP contribution in [0.15, 0.2) is 53.3 Å². The first kappa shape index (κ1) is 14.8. The zero-order valence-corrected chi connectivity index (χ0v) is 12.4. The molecule has 0 saturated carbocycles.